The van der Waals surface area contributed by atoms with Gasteiger partial charge in [-0.1, -0.05) is 0 Å². The summed E-state index contributed by atoms with van der Waals surface area (Å²) in [6, 6.07) is 5.16. The third kappa shape index (κ3) is 3.36. The molecule has 0 saturated heterocycles. The smallest absolute Gasteiger partial charge is 0.140 e. The van der Waals surface area contributed by atoms with Gasteiger partial charge in [0.1, 0.15) is 17.2 Å². The first-order valence-electron chi connectivity index (χ1n) is 10.1. The lowest BCUT2D eigenvalue weighted by atomic mass is 9.96. The second-order valence-corrected chi connectivity index (χ2v) is 7.96. The van der Waals surface area contributed by atoms with Crippen LogP contribution in [-0.4, -0.2) is 64.4 Å². The number of hydrogen-bond donors (Lipinski definition) is 6. The summed E-state index contributed by atoms with van der Waals surface area (Å²) < 4.78 is 0. The van der Waals surface area contributed by atoms with Gasteiger partial charge in [0.2, 0.25) is 0 Å². The minimum atomic E-state index is 0.0397. The highest BCUT2D eigenvalue weighted by atomic mass is 16.3. The van der Waals surface area contributed by atoms with E-state index >= 15 is 0 Å². The standard InChI is InChI=1S/C23H28N4O3/c1-24-8-6-13-11-25-17-5-4-15(22(29)19(13)17)16-10-18(28)21-20(23(16)30)14(12-26-21)7-9-27(2)3/h4-5,10-12,24-26,28-30H,6-9H2,1-3H3. The molecule has 7 nitrogen and oxygen atoms in total. The molecule has 0 bridgehead atoms. The second kappa shape index (κ2) is 7.93. The van der Waals surface area contributed by atoms with Gasteiger partial charge in [-0.2, -0.15) is 0 Å². The molecular formula is C23H28N4O3. The highest BCUT2D eigenvalue weighted by molar-refractivity contribution is 6.03. The molecule has 7 heteroatoms. The average Bonchev–Trinajstić information content (AvgIpc) is 3.33. The van der Waals surface area contributed by atoms with Crippen molar-refractivity contribution in [2.75, 3.05) is 34.2 Å². The number of likely N-dealkylation sites (N-methyl/N-ethyl adjacent to an activating group) is 2. The van der Waals surface area contributed by atoms with Crippen LogP contribution in [0.5, 0.6) is 17.2 Å². The first-order chi connectivity index (χ1) is 14.4. The quantitative estimate of drug-likeness (QED) is 0.263. The van der Waals surface area contributed by atoms with E-state index in [1.807, 2.05) is 39.6 Å². The fourth-order valence-corrected chi connectivity index (χ4v) is 4.04. The molecule has 0 saturated carbocycles. The predicted molar refractivity (Wildman–Crippen MR) is 120 cm³/mol. The van der Waals surface area contributed by atoms with Crippen LogP contribution >= 0.6 is 0 Å². The number of rotatable bonds is 7. The van der Waals surface area contributed by atoms with Crippen LogP contribution in [0.25, 0.3) is 32.9 Å². The van der Waals surface area contributed by atoms with Gasteiger partial charge in [-0.05, 0) is 69.9 Å². The Morgan fingerprint density at radius 3 is 2.33 bits per heavy atom. The Morgan fingerprint density at radius 2 is 1.60 bits per heavy atom. The monoisotopic (exact) mass is 408 g/mol. The molecule has 0 aliphatic rings. The van der Waals surface area contributed by atoms with E-state index < -0.39 is 0 Å². The molecule has 0 fully saturated rings. The number of benzene rings is 2. The summed E-state index contributed by atoms with van der Waals surface area (Å²) in [6.07, 6.45) is 5.21. The Hall–Kier alpha value is -3.16. The van der Waals surface area contributed by atoms with E-state index in [0.29, 0.717) is 22.0 Å². The minimum absolute atomic E-state index is 0.0397. The second-order valence-electron chi connectivity index (χ2n) is 7.96. The fraction of sp³-hybridized carbons (Fsp3) is 0.304. The number of fused-ring (bicyclic) bond motifs is 2. The number of nitrogens with one attached hydrogen (secondary N) is 3. The summed E-state index contributed by atoms with van der Waals surface area (Å²) in [7, 11) is 5.88. The van der Waals surface area contributed by atoms with Gasteiger partial charge < -0.3 is 35.5 Å². The average molecular weight is 409 g/mol. The topological polar surface area (TPSA) is 108 Å². The van der Waals surface area contributed by atoms with Gasteiger partial charge in [0.25, 0.3) is 0 Å². The first-order valence-corrected chi connectivity index (χ1v) is 10.1. The zero-order valence-corrected chi connectivity index (χ0v) is 17.5. The van der Waals surface area contributed by atoms with Crippen LogP contribution in [-0.2, 0) is 12.8 Å². The zero-order chi connectivity index (χ0) is 21.4. The largest absolute Gasteiger partial charge is 0.507 e. The maximum atomic E-state index is 11.1. The van der Waals surface area contributed by atoms with Crippen molar-refractivity contribution in [1.29, 1.82) is 0 Å². The zero-order valence-electron chi connectivity index (χ0n) is 17.5. The number of hydrogen-bond acceptors (Lipinski definition) is 5. The summed E-state index contributed by atoms with van der Waals surface area (Å²) >= 11 is 0. The van der Waals surface area contributed by atoms with Crippen molar-refractivity contribution in [2.45, 2.75) is 12.8 Å². The van der Waals surface area contributed by atoms with E-state index in [0.717, 1.165) is 48.0 Å². The van der Waals surface area contributed by atoms with Crippen molar-refractivity contribution >= 4 is 21.8 Å². The van der Waals surface area contributed by atoms with E-state index in [9.17, 15) is 15.3 Å². The van der Waals surface area contributed by atoms with E-state index in [1.54, 1.807) is 6.07 Å². The van der Waals surface area contributed by atoms with Crippen LogP contribution in [0, 0.1) is 0 Å². The molecule has 2 heterocycles. The molecule has 2 aromatic heterocycles. The third-order valence-electron chi connectivity index (χ3n) is 5.65. The number of H-pyrrole nitrogens is 2. The lowest BCUT2D eigenvalue weighted by molar-refractivity contribution is 0.414. The van der Waals surface area contributed by atoms with Crippen molar-refractivity contribution in [3.63, 3.8) is 0 Å². The van der Waals surface area contributed by atoms with Gasteiger partial charge in [0, 0.05) is 46.4 Å². The number of aromatic nitrogens is 2. The Morgan fingerprint density at radius 1 is 0.900 bits per heavy atom. The van der Waals surface area contributed by atoms with Gasteiger partial charge in [-0.15, -0.1) is 0 Å². The number of nitrogens with zero attached hydrogens (tertiary/aromatic N) is 1. The lowest BCUT2D eigenvalue weighted by Gasteiger charge is -2.13. The predicted octanol–water partition coefficient (Wildman–Crippen LogP) is 3.30. The summed E-state index contributed by atoms with van der Waals surface area (Å²) in [5.41, 5.74) is 4.15. The lowest BCUT2D eigenvalue weighted by Crippen LogP contribution is -2.14. The third-order valence-corrected chi connectivity index (χ3v) is 5.65. The van der Waals surface area contributed by atoms with Crippen LogP contribution in [0.2, 0.25) is 0 Å². The Kier molecular flexibility index (Phi) is 5.32. The highest BCUT2D eigenvalue weighted by Crippen LogP contribution is 2.46. The molecule has 2 aromatic carbocycles. The minimum Gasteiger partial charge on any atom is -0.507 e. The summed E-state index contributed by atoms with van der Waals surface area (Å²) in [5, 5.41) is 37.3. The van der Waals surface area contributed by atoms with Crippen LogP contribution in [0.1, 0.15) is 11.1 Å². The van der Waals surface area contributed by atoms with Gasteiger partial charge in [0.15, 0.2) is 0 Å². The molecule has 30 heavy (non-hydrogen) atoms. The normalized spacial score (nSPS) is 11.9. The Labute approximate surface area is 175 Å². The molecular weight excluding hydrogens is 380 g/mol. The SMILES string of the molecule is CNCCc1c[nH]c2ccc(-c3cc(O)c4[nH]cc(CCN(C)C)c4c3O)c(O)c12. The number of phenols is 3. The van der Waals surface area contributed by atoms with Crippen LogP contribution in [0.15, 0.2) is 30.6 Å². The summed E-state index contributed by atoms with van der Waals surface area (Å²) in [4.78, 5) is 8.33. The summed E-state index contributed by atoms with van der Waals surface area (Å²) in [6.45, 7) is 1.60. The molecule has 158 valence electrons. The number of aromatic amines is 2. The maximum Gasteiger partial charge on any atom is 0.140 e. The van der Waals surface area contributed by atoms with E-state index in [2.05, 4.69) is 20.2 Å². The maximum absolute atomic E-state index is 11.1. The molecule has 0 amide bonds. The van der Waals surface area contributed by atoms with Crippen LogP contribution < -0.4 is 5.32 Å². The molecule has 4 aromatic rings. The van der Waals surface area contributed by atoms with Crippen LogP contribution in [0.3, 0.4) is 0 Å². The molecule has 0 unspecified atom stereocenters. The van der Waals surface area contributed by atoms with Gasteiger partial charge in [-0.25, -0.2) is 0 Å². The fourth-order valence-electron chi connectivity index (χ4n) is 4.04. The van der Waals surface area contributed by atoms with Crippen LogP contribution in [0.4, 0.5) is 0 Å². The van der Waals surface area contributed by atoms with Crippen molar-refractivity contribution in [1.82, 2.24) is 20.2 Å². The van der Waals surface area contributed by atoms with Gasteiger partial charge >= 0.3 is 0 Å². The van der Waals surface area contributed by atoms with E-state index in [-0.39, 0.29) is 17.2 Å². The van der Waals surface area contributed by atoms with Gasteiger partial charge in [0.05, 0.1) is 5.52 Å². The van der Waals surface area contributed by atoms with Crippen molar-refractivity contribution in [3.05, 3.63) is 41.7 Å². The van der Waals surface area contributed by atoms with Gasteiger partial charge in [-0.3, -0.25) is 0 Å². The van der Waals surface area contributed by atoms with Crippen molar-refractivity contribution in [2.24, 2.45) is 0 Å². The summed E-state index contributed by atoms with van der Waals surface area (Å²) in [5.74, 6) is 0.192. The van der Waals surface area contributed by atoms with E-state index in [4.69, 9.17) is 0 Å². The van der Waals surface area contributed by atoms with E-state index in [1.165, 1.54) is 6.07 Å². The molecule has 0 spiro atoms. The highest BCUT2D eigenvalue weighted by Gasteiger charge is 2.21. The molecule has 0 aliphatic carbocycles. The number of aromatic hydroxyl groups is 3. The number of phenolic OH excluding ortho intramolecular Hbond substituents is 3. The molecule has 0 radical (unpaired) electrons. The van der Waals surface area contributed by atoms with Crippen molar-refractivity contribution < 1.29 is 15.3 Å². The Bertz CT molecular complexity index is 1210. The Balaban J connectivity index is 1.88. The molecule has 4 rings (SSSR count). The van der Waals surface area contributed by atoms with Crippen molar-refractivity contribution in [3.8, 4) is 28.4 Å². The molecule has 0 aliphatic heterocycles. The molecule has 6 N–H and O–H groups in total. The first kappa shape index (κ1) is 20.1. The molecule has 0 atom stereocenters.